The maximum Gasteiger partial charge on any atom is 0.252 e. The molecule has 104 valence electrons. The maximum absolute atomic E-state index is 13.0. The van der Waals surface area contributed by atoms with Crippen LogP contribution in [0.5, 0.6) is 0 Å². The van der Waals surface area contributed by atoms with Gasteiger partial charge >= 0.3 is 0 Å². The van der Waals surface area contributed by atoms with Gasteiger partial charge in [-0.1, -0.05) is 30.3 Å². The second-order valence-electron chi connectivity index (χ2n) is 4.58. The first kappa shape index (κ1) is 14.2. The number of amides is 1. The summed E-state index contributed by atoms with van der Waals surface area (Å²) in [5, 5.41) is 12.2. The van der Waals surface area contributed by atoms with Crippen molar-refractivity contribution in [1.29, 1.82) is 0 Å². The van der Waals surface area contributed by atoms with Gasteiger partial charge in [-0.05, 0) is 36.2 Å². The smallest absolute Gasteiger partial charge is 0.252 e. The third-order valence-corrected chi connectivity index (χ3v) is 3.12. The molecule has 3 nitrogen and oxygen atoms in total. The van der Waals surface area contributed by atoms with Gasteiger partial charge in [0.1, 0.15) is 5.82 Å². The van der Waals surface area contributed by atoms with E-state index in [1.807, 2.05) is 30.3 Å². The standard InChI is InChI=1S/C16H16FNO2/c1-11-9-13(17)7-8-14(11)16(20)18-15(10-19)12-5-3-2-4-6-12/h2-9,15,19H,10H2,1H3,(H,18,20)/t15-/m0/s1. The number of carbonyl (C=O) groups excluding carboxylic acids is 1. The molecule has 0 bridgehead atoms. The summed E-state index contributed by atoms with van der Waals surface area (Å²) >= 11 is 0. The van der Waals surface area contributed by atoms with E-state index in [-0.39, 0.29) is 18.3 Å². The minimum Gasteiger partial charge on any atom is -0.394 e. The summed E-state index contributed by atoms with van der Waals surface area (Å²) in [6.45, 7) is 1.48. The van der Waals surface area contributed by atoms with Crippen LogP contribution in [0.4, 0.5) is 4.39 Å². The van der Waals surface area contributed by atoms with Gasteiger partial charge in [0.15, 0.2) is 0 Å². The Hall–Kier alpha value is -2.20. The number of aryl methyl sites for hydroxylation is 1. The lowest BCUT2D eigenvalue weighted by molar-refractivity contribution is 0.0915. The minimum atomic E-state index is -0.479. The first-order valence-corrected chi connectivity index (χ1v) is 6.34. The number of carbonyl (C=O) groups is 1. The van der Waals surface area contributed by atoms with Gasteiger partial charge in [-0.3, -0.25) is 4.79 Å². The summed E-state index contributed by atoms with van der Waals surface area (Å²) in [5.41, 5.74) is 1.79. The fourth-order valence-corrected chi connectivity index (χ4v) is 2.04. The number of aliphatic hydroxyl groups is 1. The Morgan fingerprint density at radius 1 is 1.25 bits per heavy atom. The molecule has 0 aromatic heterocycles. The molecule has 0 aliphatic carbocycles. The molecule has 0 saturated heterocycles. The molecule has 4 heteroatoms. The number of hydrogen-bond acceptors (Lipinski definition) is 2. The zero-order valence-electron chi connectivity index (χ0n) is 11.1. The molecule has 20 heavy (non-hydrogen) atoms. The van der Waals surface area contributed by atoms with Crippen molar-refractivity contribution in [2.75, 3.05) is 6.61 Å². The van der Waals surface area contributed by atoms with Crippen molar-refractivity contribution in [3.05, 3.63) is 71.0 Å². The Morgan fingerprint density at radius 2 is 1.95 bits per heavy atom. The number of hydrogen-bond donors (Lipinski definition) is 2. The van der Waals surface area contributed by atoms with Crippen molar-refractivity contribution >= 4 is 5.91 Å². The van der Waals surface area contributed by atoms with E-state index in [4.69, 9.17) is 0 Å². The van der Waals surface area contributed by atoms with E-state index in [0.29, 0.717) is 11.1 Å². The molecule has 0 saturated carbocycles. The van der Waals surface area contributed by atoms with Gasteiger partial charge in [-0.15, -0.1) is 0 Å². The van der Waals surface area contributed by atoms with Crippen LogP contribution < -0.4 is 5.32 Å². The van der Waals surface area contributed by atoms with E-state index >= 15 is 0 Å². The van der Waals surface area contributed by atoms with Gasteiger partial charge in [-0.2, -0.15) is 0 Å². The Morgan fingerprint density at radius 3 is 2.55 bits per heavy atom. The zero-order chi connectivity index (χ0) is 14.5. The molecule has 2 rings (SSSR count). The fraction of sp³-hybridized carbons (Fsp3) is 0.188. The van der Waals surface area contributed by atoms with Crippen LogP contribution in [0, 0.1) is 12.7 Å². The predicted octanol–water partition coefficient (Wildman–Crippen LogP) is 2.60. The highest BCUT2D eigenvalue weighted by atomic mass is 19.1. The highest BCUT2D eigenvalue weighted by Crippen LogP contribution is 2.15. The number of nitrogens with one attached hydrogen (secondary N) is 1. The molecular weight excluding hydrogens is 257 g/mol. The third kappa shape index (κ3) is 3.22. The topological polar surface area (TPSA) is 49.3 Å². The molecular formula is C16H16FNO2. The van der Waals surface area contributed by atoms with E-state index < -0.39 is 6.04 Å². The van der Waals surface area contributed by atoms with E-state index in [0.717, 1.165) is 5.56 Å². The largest absolute Gasteiger partial charge is 0.394 e. The molecule has 0 fully saturated rings. The molecule has 0 spiro atoms. The van der Waals surface area contributed by atoms with Crippen molar-refractivity contribution < 1.29 is 14.3 Å². The Balaban J connectivity index is 2.17. The molecule has 1 atom stereocenters. The number of halogens is 1. The summed E-state index contributed by atoms with van der Waals surface area (Å²) < 4.78 is 13.0. The summed E-state index contributed by atoms with van der Waals surface area (Å²) in [6, 6.07) is 12.7. The average molecular weight is 273 g/mol. The van der Waals surface area contributed by atoms with Crippen LogP contribution in [-0.2, 0) is 0 Å². The van der Waals surface area contributed by atoms with E-state index in [2.05, 4.69) is 5.32 Å². The van der Waals surface area contributed by atoms with Crippen LogP contribution in [0.25, 0.3) is 0 Å². The van der Waals surface area contributed by atoms with Crippen LogP contribution in [0.15, 0.2) is 48.5 Å². The Labute approximate surface area is 117 Å². The molecule has 0 radical (unpaired) electrons. The predicted molar refractivity (Wildman–Crippen MR) is 74.9 cm³/mol. The molecule has 0 aliphatic heterocycles. The van der Waals surface area contributed by atoms with E-state index in [1.54, 1.807) is 6.92 Å². The van der Waals surface area contributed by atoms with Crippen LogP contribution in [0.1, 0.15) is 27.5 Å². The van der Waals surface area contributed by atoms with Gasteiger partial charge in [0, 0.05) is 5.56 Å². The first-order valence-electron chi connectivity index (χ1n) is 6.34. The molecule has 2 N–H and O–H groups in total. The summed E-state index contributed by atoms with van der Waals surface area (Å²) in [4.78, 5) is 12.2. The van der Waals surface area contributed by atoms with Gasteiger partial charge < -0.3 is 10.4 Å². The quantitative estimate of drug-likeness (QED) is 0.899. The number of aliphatic hydroxyl groups excluding tert-OH is 1. The number of benzene rings is 2. The second-order valence-corrected chi connectivity index (χ2v) is 4.58. The fourth-order valence-electron chi connectivity index (χ4n) is 2.04. The lowest BCUT2D eigenvalue weighted by Crippen LogP contribution is -2.31. The summed E-state index contributed by atoms with van der Waals surface area (Å²) in [6.07, 6.45) is 0. The molecule has 0 aliphatic rings. The molecule has 2 aromatic carbocycles. The van der Waals surface area contributed by atoms with Crippen molar-refractivity contribution in [3.8, 4) is 0 Å². The maximum atomic E-state index is 13.0. The molecule has 0 unspecified atom stereocenters. The Kier molecular flexibility index (Phi) is 4.48. The first-order chi connectivity index (χ1) is 9.61. The molecule has 0 heterocycles. The lowest BCUT2D eigenvalue weighted by atomic mass is 10.0. The second kappa shape index (κ2) is 6.30. The van der Waals surface area contributed by atoms with Gasteiger partial charge in [-0.25, -0.2) is 4.39 Å². The Bertz CT molecular complexity index is 599. The van der Waals surface area contributed by atoms with E-state index in [9.17, 15) is 14.3 Å². The highest BCUT2D eigenvalue weighted by molar-refractivity contribution is 5.95. The highest BCUT2D eigenvalue weighted by Gasteiger charge is 2.16. The summed E-state index contributed by atoms with van der Waals surface area (Å²) in [7, 11) is 0. The van der Waals surface area contributed by atoms with Gasteiger partial charge in [0.25, 0.3) is 5.91 Å². The normalized spacial score (nSPS) is 11.9. The molecule has 2 aromatic rings. The monoisotopic (exact) mass is 273 g/mol. The summed E-state index contributed by atoms with van der Waals surface area (Å²) in [5.74, 6) is -0.703. The van der Waals surface area contributed by atoms with Crippen LogP contribution in [0.3, 0.4) is 0 Å². The lowest BCUT2D eigenvalue weighted by Gasteiger charge is -2.17. The third-order valence-electron chi connectivity index (χ3n) is 3.12. The van der Waals surface area contributed by atoms with Crippen LogP contribution in [0.2, 0.25) is 0 Å². The van der Waals surface area contributed by atoms with Gasteiger partial charge in [0.2, 0.25) is 0 Å². The SMILES string of the molecule is Cc1cc(F)ccc1C(=O)N[C@@H](CO)c1ccccc1. The van der Waals surface area contributed by atoms with Crippen molar-refractivity contribution in [2.45, 2.75) is 13.0 Å². The van der Waals surface area contributed by atoms with E-state index in [1.165, 1.54) is 18.2 Å². The minimum absolute atomic E-state index is 0.198. The van der Waals surface area contributed by atoms with Gasteiger partial charge in [0.05, 0.1) is 12.6 Å². The van der Waals surface area contributed by atoms with Crippen LogP contribution >= 0.6 is 0 Å². The van der Waals surface area contributed by atoms with Crippen molar-refractivity contribution in [3.63, 3.8) is 0 Å². The molecule has 1 amide bonds. The number of rotatable bonds is 4. The zero-order valence-corrected chi connectivity index (χ0v) is 11.1. The average Bonchev–Trinajstić information content (AvgIpc) is 2.45. The van der Waals surface area contributed by atoms with Crippen molar-refractivity contribution in [1.82, 2.24) is 5.32 Å². The van der Waals surface area contributed by atoms with Crippen molar-refractivity contribution in [2.24, 2.45) is 0 Å². The van der Waals surface area contributed by atoms with Crippen LogP contribution in [-0.4, -0.2) is 17.6 Å².